The van der Waals surface area contributed by atoms with Crippen molar-refractivity contribution in [2.75, 3.05) is 29.9 Å². The molecule has 1 amide bonds. The Bertz CT molecular complexity index is 1000. The summed E-state index contributed by atoms with van der Waals surface area (Å²) in [6.07, 6.45) is 2.56. The van der Waals surface area contributed by atoms with Crippen molar-refractivity contribution < 1.29 is 9.18 Å². The second-order valence-electron chi connectivity index (χ2n) is 6.79. The third kappa shape index (κ3) is 3.83. The van der Waals surface area contributed by atoms with Crippen molar-refractivity contribution in [3.8, 4) is 0 Å². The molecular formula is C22H22FN3OS. The van der Waals surface area contributed by atoms with Gasteiger partial charge in [-0.1, -0.05) is 19.1 Å². The lowest BCUT2D eigenvalue weighted by Gasteiger charge is -2.27. The number of hydrogen-bond acceptors (Lipinski definition) is 4. The lowest BCUT2D eigenvalue weighted by Crippen LogP contribution is -2.38. The van der Waals surface area contributed by atoms with E-state index in [0.717, 1.165) is 36.7 Å². The van der Waals surface area contributed by atoms with Gasteiger partial charge in [-0.3, -0.25) is 9.78 Å². The minimum atomic E-state index is -0.349. The van der Waals surface area contributed by atoms with Crippen LogP contribution in [-0.4, -0.2) is 40.4 Å². The molecule has 0 aliphatic carbocycles. The van der Waals surface area contributed by atoms with Crippen LogP contribution in [0.1, 0.15) is 22.8 Å². The molecule has 4 nitrogen and oxygen atoms in total. The van der Waals surface area contributed by atoms with Crippen molar-refractivity contribution in [3.05, 3.63) is 65.6 Å². The third-order valence-electron chi connectivity index (χ3n) is 4.99. The van der Waals surface area contributed by atoms with Crippen molar-refractivity contribution in [1.29, 1.82) is 0 Å². The number of pyridine rings is 1. The van der Waals surface area contributed by atoms with E-state index in [2.05, 4.69) is 29.4 Å². The molecule has 1 aromatic heterocycles. The monoisotopic (exact) mass is 395 g/mol. The van der Waals surface area contributed by atoms with Crippen LogP contribution in [0.3, 0.4) is 0 Å². The molecule has 0 unspecified atom stereocenters. The average molecular weight is 396 g/mol. The van der Waals surface area contributed by atoms with E-state index in [4.69, 9.17) is 0 Å². The van der Waals surface area contributed by atoms with Crippen LogP contribution in [0.2, 0.25) is 0 Å². The maximum atomic E-state index is 14.0. The number of anilines is 2. The van der Waals surface area contributed by atoms with Gasteiger partial charge >= 0.3 is 0 Å². The highest BCUT2D eigenvalue weighted by Crippen LogP contribution is 2.31. The van der Waals surface area contributed by atoms with Crippen LogP contribution in [0.4, 0.5) is 15.8 Å². The quantitative estimate of drug-likeness (QED) is 0.685. The molecule has 0 spiro atoms. The summed E-state index contributed by atoms with van der Waals surface area (Å²) in [5.74, 6) is 1.45. The number of benzene rings is 2. The number of halogens is 1. The van der Waals surface area contributed by atoms with E-state index in [1.807, 2.05) is 28.8 Å². The van der Waals surface area contributed by atoms with Crippen LogP contribution in [0.15, 0.2) is 48.7 Å². The Morgan fingerprint density at radius 1 is 1.18 bits per heavy atom. The number of amides is 1. The number of aromatic nitrogens is 1. The zero-order valence-corrected chi connectivity index (χ0v) is 16.6. The summed E-state index contributed by atoms with van der Waals surface area (Å²) >= 11 is 1.85. The zero-order chi connectivity index (χ0) is 19.5. The van der Waals surface area contributed by atoms with Gasteiger partial charge in [0, 0.05) is 41.9 Å². The topological polar surface area (TPSA) is 45.2 Å². The molecule has 1 N–H and O–H groups in total. The molecule has 0 bridgehead atoms. The molecule has 0 radical (unpaired) electrons. The molecule has 144 valence electrons. The van der Waals surface area contributed by atoms with Crippen LogP contribution < -0.4 is 5.32 Å². The lowest BCUT2D eigenvalue weighted by atomic mass is 10.1. The highest BCUT2D eigenvalue weighted by molar-refractivity contribution is 7.99. The first-order valence-electron chi connectivity index (χ1n) is 9.47. The van der Waals surface area contributed by atoms with E-state index in [1.165, 1.54) is 17.7 Å². The summed E-state index contributed by atoms with van der Waals surface area (Å²) in [5, 5.41) is 3.96. The molecule has 2 aromatic carbocycles. The van der Waals surface area contributed by atoms with E-state index in [9.17, 15) is 9.18 Å². The van der Waals surface area contributed by atoms with Gasteiger partial charge in [-0.25, -0.2) is 4.39 Å². The Balaban J connectivity index is 1.79. The standard InChI is InChI=1S/C22H22FN3OS/c1-2-15-3-6-17(7-4-15)25-21-18-13-16(23)5-8-20(18)24-14-19(21)22(27)26-9-11-28-12-10-26/h3-8,13-14H,2,9-12H2,1H3,(H,24,25). The van der Waals surface area contributed by atoms with Crippen LogP contribution in [-0.2, 0) is 6.42 Å². The van der Waals surface area contributed by atoms with Crippen LogP contribution in [0.25, 0.3) is 10.9 Å². The fourth-order valence-corrected chi connectivity index (χ4v) is 4.27. The summed E-state index contributed by atoms with van der Waals surface area (Å²) < 4.78 is 14.0. The molecule has 1 fully saturated rings. The molecule has 6 heteroatoms. The largest absolute Gasteiger partial charge is 0.354 e. The van der Waals surface area contributed by atoms with Gasteiger partial charge in [0.05, 0.1) is 16.8 Å². The predicted molar refractivity (Wildman–Crippen MR) is 114 cm³/mol. The highest BCUT2D eigenvalue weighted by Gasteiger charge is 2.23. The van der Waals surface area contributed by atoms with Gasteiger partial charge in [-0.05, 0) is 42.3 Å². The van der Waals surface area contributed by atoms with Gasteiger partial charge in [-0.2, -0.15) is 11.8 Å². The number of nitrogens with one attached hydrogen (secondary N) is 1. The summed E-state index contributed by atoms with van der Waals surface area (Å²) in [6, 6.07) is 12.5. The molecule has 2 heterocycles. The van der Waals surface area contributed by atoms with Gasteiger partial charge in [0.25, 0.3) is 5.91 Å². The molecular weight excluding hydrogens is 373 g/mol. The number of nitrogens with zero attached hydrogens (tertiary/aromatic N) is 2. The molecule has 0 atom stereocenters. The summed E-state index contributed by atoms with van der Waals surface area (Å²) in [5.41, 5.74) is 3.83. The zero-order valence-electron chi connectivity index (χ0n) is 15.7. The van der Waals surface area contributed by atoms with E-state index < -0.39 is 0 Å². The van der Waals surface area contributed by atoms with Crippen LogP contribution in [0.5, 0.6) is 0 Å². The number of fused-ring (bicyclic) bond motifs is 1. The van der Waals surface area contributed by atoms with Crippen LogP contribution in [0, 0.1) is 5.82 Å². The van der Waals surface area contributed by atoms with Crippen molar-refractivity contribution in [3.63, 3.8) is 0 Å². The van der Waals surface area contributed by atoms with Crippen molar-refractivity contribution in [1.82, 2.24) is 9.88 Å². The van der Waals surface area contributed by atoms with Crippen molar-refractivity contribution in [2.24, 2.45) is 0 Å². The minimum absolute atomic E-state index is 0.0633. The molecule has 1 saturated heterocycles. The number of aryl methyl sites for hydroxylation is 1. The van der Waals surface area contributed by atoms with Crippen molar-refractivity contribution >= 4 is 39.9 Å². The first kappa shape index (κ1) is 18.7. The smallest absolute Gasteiger partial charge is 0.257 e. The Morgan fingerprint density at radius 3 is 2.64 bits per heavy atom. The molecule has 3 aromatic rings. The maximum absolute atomic E-state index is 14.0. The number of rotatable bonds is 4. The molecule has 1 aliphatic heterocycles. The summed E-state index contributed by atoms with van der Waals surface area (Å²) in [6.45, 7) is 3.54. The third-order valence-corrected chi connectivity index (χ3v) is 5.93. The summed E-state index contributed by atoms with van der Waals surface area (Å²) in [7, 11) is 0. The SMILES string of the molecule is CCc1ccc(Nc2c(C(=O)N3CCSCC3)cnc3ccc(F)cc23)cc1. The Hall–Kier alpha value is -2.60. The Morgan fingerprint density at radius 2 is 1.93 bits per heavy atom. The number of carbonyl (C=O) groups is 1. The average Bonchev–Trinajstić information content (AvgIpc) is 2.75. The van der Waals surface area contributed by atoms with Gasteiger partial charge in [0.15, 0.2) is 0 Å². The number of thioether (sulfide) groups is 1. The summed E-state index contributed by atoms with van der Waals surface area (Å²) in [4.78, 5) is 19.4. The fourth-order valence-electron chi connectivity index (χ4n) is 3.37. The van der Waals surface area contributed by atoms with Gasteiger partial charge in [-0.15, -0.1) is 0 Å². The maximum Gasteiger partial charge on any atom is 0.257 e. The Labute approximate surface area is 168 Å². The lowest BCUT2D eigenvalue weighted by molar-refractivity contribution is 0.0773. The van der Waals surface area contributed by atoms with Gasteiger partial charge in [0.2, 0.25) is 0 Å². The molecule has 28 heavy (non-hydrogen) atoms. The first-order chi connectivity index (χ1) is 13.7. The normalized spacial score (nSPS) is 14.3. The Kier molecular flexibility index (Phi) is 5.48. The van der Waals surface area contributed by atoms with E-state index in [-0.39, 0.29) is 11.7 Å². The van der Waals surface area contributed by atoms with Gasteiger partial charge in [0.1, 0.15) is 5.82 Å². The van der Waals surface area contributed by atoms with E-state index in [1.54, 1.807) is 12.3 Å². The number of carbonyl (C=O) groups excluding carboxylic acids is 1. The molecule has 4 rings (SSSR count). The molecule has 0 saturated carbocycles. The number of hydrogen-bond donors (Lipinski definition) is 1. The van der Waals surface area contributed by atoms with Gasteiger partial charge < -0.3 is 10.2 Å². The highest BCUT2D eigenvalue weighted by atomic mass is 32.2. The fraction of sp³-hybridized carbons (Fsp3) is 0.273. The minimum Gasteiger partial charge on any atom is -0.354 e. The molecule has 1 aliphatic rings. The second kappa shape index (κ2) is 8.19. The predicted octanol–water partition coefficient (Wildman–Crippen LogP) is 4.87. The van der Waals surface area contributed by atoms with Crippen molar-refractivity contribution in [2.45, 2.75) is 13.3 Å². The second-order valence-corrected chi connectivity index (χ2v) is 8.01. The van der Waals surface area contributed by atoms with E-state index >= 15 is 0 Å². The van der Waals surface area contributed by atoms with Crippen LogP contribution >= 0.6 is 11.8 Å². The van der Waals surface area contributed by atoms with E-state index in [0.29, 0.717) is 22.2 Å². The first-order valence-corrected chi connectivity index (χ1v) is 10.6.